The molecule has 0 radical (unpaired) electrons. The van der Waals surface area contributed by atoms with Crippen LogP contribution in [-0.4, -0.2) is 43.0 Å². The lowest BCUT2D eigenvalue weighted by molar-refractivity contribution is 0.0740. The van der Waals surface area contributed by atoms with Gasteiger partial charge in [-0.05, 0) is 56.0 Å². The molecule has 0 bridgehead atoms. The van der Waals surface area contributed by atoms with Gasteiger partial charge in [0.2, 0.25) is 0 Å². The number of amides is 1. The predicted molar refractivity (Wildman–Crippen MR) is 85.3 cm³/mol. The normalized spacial score (nSPS) is 12.1. The molecule has 0 spiro atoms. The molecule has 1 atom stereocenters. The molecule has 0 aliphatic heterocycles. The van der Waals surface area contributed by atoms with Crippen LogP contribution in [0.15, 0.2) is 18.2 Å². The SMILES string of the molecule is CNc1ccc(C(=O)N(C)C(C)CCSC)c(C)c1. The molecule has 0 fully saturated rings. The highest BCUT2D eigenvalue weighted by atomic mass is 32.2. The van der Waals surface area contributed by atoms with Crippen LogP contribution in [0.25, 0.3) is 0 Å². The zero-order chi connectivity index (χ0) is 14.4. The van der Waals surface area contributed by atoms with Crippen molar-refractivity contribution in [3.05, 3.63) is 29.3 Å². The minimum Gasteiger partial charge on any atom is -0.388 e. The van der Waals surface area contributed by atoms with Gasteiger partial charge in [-0.25, -0.2) is 0 Å². The summed E-state index contributed by atoms with van der Waals surface area (Å²) in [5.74, 6) is 1.19. The Hall–Kier alpha value is -1.16. The largest absolute Gasteiger partial charge is 0.388 e. The van der Waals surface area contributed by atoms with E-state index in [0.29, 0.717) is 0 Å². The summed E-state index contributed by atoms with van der Waals surface area (Å²) in [5.41, 5.74) is 2.84. The van der Waals surface area contributed by atoms with Gasteiger partial charge in [0.05, 0.1) is 0 Å². The van der Waals surface area contributed by atoms with E-state index in [1.165, 1.54) is 0 Å². The topological polar surface area (TPSA) is 32.3 Å². The fourth-order valence-corrected chi connectivity index (χ4v) is 2.51. The third-order valence-electron chi connectivity index (χ3n) is 3.47. The highest BCUT2D eigenvalue weighted by Gasteiger charge is 2.18. The molecular weight excluding hydrogens is 256 g/mol. The van der Waals surface area contributed by atoms with Crippen molar-refractivity contribution in [2.45, 2.75) is 26.3 Å². The second-order valence-electron chi connectivity index (χ2n) is 4.83. The van der Waals surface area contributed by atoms with Crippen molar-refractivity contribution in [1.82, 2.24) is 4.90 Å². The second-order valence-corrected chi connectivity index (χ2v) is 5.81. The predicted octanol–water partition coefficient (Wildman–Crippen LogP) is 3.25. The number of aryl methyl sites for hydroxylation is 1. The highest BCUT2D eigenvalue weighted by molar-refractivity contribution is 7.98. The zero-order valence-corrected chi connectivity index (χ0v) is 13.3. The van der Waals surface area contributed by atoms with Crippen LogP contribution in [0.3, 0.4) is 0 Å². The van der Waals surface area contributed by atoms with Gasteiger partial charge in [-0.15, -0.1) is 0 Å². The molecule has 4 heteroatoms. The Kier molecular flexibility index (Phi) is 6.22. The van der Waals surface area contributed by atoms with E-state index in [2.05, 4.69) is 18.5 Å². The summed E-state index contributed by atoms with van der Waals surface area (Å²) in [6, 6.07) is 6.12. The second kappa shape index (κ2) is 7.43. The number of thioether (sulfide) groups is 1. The standard InChI is InChI=1S/C15H24N2OS/c1-11-10-13(16-3)6-7-14(11)15(18)17(4)12(2)8-9-19-5/h6-7,10,12,16H,8-9H2,1-5H3. The number of nitrogens with zero attached hydrogens (tertiary/aromatic N) is 1. The van der Waals surface area contributed by atoms with E-state index in [4.69, 9.17) is 0 Å². The van der Waals surface area contributed by atoms with Gasteiger partial charge in [0, 0.05) is 31.4 Å². The van der Waals surface area contributed by atoms with E-state index in [-0.39, 0.29) is 11.9 Å². The third kappa shape index (κ3) is 4.16. The maximum Gasteiger partial charge on any atom is 0.254 e. The summed E-state index contributed by atoms with van der Waals surface area (Å²) in [4.78, 5) is 14.3. The lowest BCUT2D eigenvalue weighted by Gasteiger charge is -2.25. The lowest BCUT2D eigenvalue weighted by Crippen LogP contribution is -2.35. The van der Waals surface area contributed by atoms with Crippen molar-refractivity contribution in [3.8, 4) is 0 Å². The molecule has 0 saturated carbocycles. The molecule has 1 N–H and O–H groups in total. The number of nitrogens with one attached hydrogen (secondary N) is 1. The van der Waals surface area contributed by atoms with E-state index in [1.807, 2.05) is 55.9 Å². The van der Waals surface area contributed by atoms with Crippen molar-refractivity contribution in [2.24, 2.45) is 0 Å². The molecule has 1 unspecified atom stereocenters. The molecule has 1 aromatic rings. The summed E-state index contributed by atoms with van der Waals surface area (Å²) in [6.45, 7) is 4.08. The van der Waals surface area contributed by atoms with Gasteiger partial charge >= 0.3 is 0 Å². The molecule has 106 valence electrons. The van der Waals surface area contributed by atoms with Gasteiger partial charge in [-0.2, -0.15) is 11.8 Å². The molecule has 0 saturated heterocycles. The smallest absolute Gasteiger partial charge is 0.254 e. The van der Waals surface area contributed by atoms with Crippen LogP contribution in [0.4, 0.5) is 5.69 Å². The van der Waals surface area contributed by atoms with Gasteiger partial charge in [0.1, 0.15) is 0 Å². The van der Waals surface area contributed by atoms with Gasteiger partial charge < -0.3 is 10.2 Å². The molecule has 19 heavy (non-hydrogen) atoms. The van der Waals surface area contributed by atoms with E-state index in [9.17, 15) is 4.79 Å². The molecule has 0 aliphatic carbocycles. The molecular formula is C15H24N2OS. The molecule has 0 aromatic heterocycles. The summed E-state index contributed by atoms with van der Waals surface area (Å²) in [7, 11) is 3.77. The minimum absolute atomic E-state index is 0.105. The zero-order valence-electron chi connectivity index (χ0n) is 12.5. The highest BCUT2D eigenvalue weighted by Crippen LogP contribution is 2.18. The lowest BCUT2D eigenvalue weighted by atomic mass is 10.1. The Bertz CT molecular complexity index is 434. The van der Waals surface area contributed by atoms with Crippen molar-refractivity contribution >= 4 is 23.4 Å². The first-order chi connectivity index (χ1) is 9.01. The summed E-state index contributed by atoms with van der Waals surface area (Å²) in [6.07, 6.45) is 3.12. The fraction of sp³-hybridized carbons (Fsp3) is 0.533. The molecule has 3 nitrogen and oxygen atoms in total. The van der Waals surface area contributed by atoms with E-state index < -0.39 is 0 Å². The van der Waals surface area contributed by atoms with E-state index in [0.717, 1.165) is 29.0 Å². The summed E-state index contributed by atoms with van der Waals surface area (Å²) in [5, 5.41) is 3.09. The van der Waals surface area contributed by atoms with Crippen molar-refractivity contribution in [3.63, 3.8) is 0 Å². The van der Waals surface area contributed by atoms with Crippen LogP contribution in [0.1, 0.15) is 29.3 Å². The van der Waals surface area contributed by atoms with Crippen LogP contribution in [0.5, 0.6) is 0 Å². The molecule has 0 aliphatic rings. The molecule has 1 aromatic carbocycles. The van der Waals surface area contributed by atoms with E-state index in [1.54, 1.807) is 0 Å². The first kappa shape index (κ1) is 15.9. The average molecular weight is 280 g/mol. The van der Waals surface area contributed by atoms with Gasteiger partial charge in [0.25, 0.3) is 5.91 Å². The third-order valence-corrected chi connectivity index (χ3v) is 4.11. The number of carbonyl (C=O) groups excluding carboxylic acids is 1. The number of carbonyl (C=O) groups is 1. The first-order valence-corrected chi connectivity index (χ1v) is 7.95. The Morgan fingerprint density at radius 1 is 1.47 bits per heavy atom. The van der Waals surface area contributed by atoms with Crippen LogP contribution >= 0.6 is 11.8 Å². The number of rotatable bonds is 6. The van der Waals surface area contributed by atoms with Crippen molar-refractivity contribution in [2.75, 3.05) is 31.4 Å². The van der Waals surface area contributed by atoms with Crippen LogP contribution in [0.2, 0.25) is 0 Å². The maximum atomic E-state index is 12.5. The Morgan fingerprint density at radius 3 is 2.68 bits per heavy atom. The Morgan fingerprint density at radius 2 is 2.16 bits per heavy atom. The summed E-state index contributed by atoms with van der Waals surface area (Å²) >= 11 is 1.82. The quantitative estimate of drug-likeness (QED) is 0.868. The maximum absolute atomic E-state index is 12.5. The van der Waals surface area contributed by atoms with Crippen LogP contribution in [0, 0.1) is 6.92 Å². The minimum atomic E-state index is 0.105. The Balaban J connectivity index is 2.82. The number of hydrogen-bond acceptors (Lipinski definition) is 3. The first-order valence-electron chi connectivity index (χ1n) is 6.55. The molecule has 1 rings (SSSR count). The van der Waals surface area contributed by atoms with Crippen molar-refractivity contribution < 1.29 is 4.79 Å². The average Bonchev–Trinajstić information content (AvgIpc) is 2.42. The van der Waals surface area contributed by atoms with E-state index >= 15 is 0 Å². The molecule has 1 amide bonds. The number of anilines is 1. The number of benzene rings is 1. The van der Waals surface area contributed by atoms with Gasteiger partial charge in [-0.3, -0.25) is 4.79 Å². The van der Waals surface area contributed by atoms with Crippen LogP contribution < -0.4 is 5.32 Å². The van der Waals surface area contributed by atoms with Crippen molar-refractivity contribution in [1.29, 1.82) is 0 Å². The number of hydrogen-bond donors (Lipinski definition) is 1. The Labute approximate surface area is 120 Å². The molecule has 0 heterocycles. The fourth-order valence-electron chi connectivity index (χ4n) is 1.93. The summed E-state index contributed by atoms with van der Waals surface area (Å²) < 4.78 is 0. The van der Waals surface area contributed by atoms with Gasteiger partial charge in [0.15, 0.2) is 0 Å². The van der Waals surface area contributed by atoms with Gasteiger partial charge in [-0.1, -0.05) is 0 Å². The monoisotopic (exact) mass is 280 g/mol. The van der Waals surface area contributed by atoms with Crippen LogP contribution in [-0.2, 0) is 0 Å².